The van der Waals surface area contributed by atoms with Gasteiger partial charge in [0.25, 0.3) is 5.91 Å². The fraction of sp³-hybridized carbons (Fsp3) is 0.214. The minimum Gasteiger partial charge on any atom is -0.489 e. The van der Waals surface area contributed by atoms with Crippen molar-refractivity contribution in [3.8, 4) is 5.75 Å². The average molecular weight is 340 g/mol. The molecule has 0 aliphatic heterocycles. The van der Waals surface area contributed by atoms with Crippen molar-refractivity contribution in [2.45, 2.75) is 20.0 Å². The van der Waals surface area contributed by atoms with Gasteiger partial charge in [0.2, 0.25) is 0 Å². The van der Waals surface area contributed by atoms with Crippen LogP contribution in [0.15, 0.2) is 40.2 Å². The van der Waals surface area contributed by atoms with E-state index in [0.717, 1.165) is 3.79 Å². The lowest BCUT2D eigenvalue weighted by molar-refractivity contribution is 0.102. The van der Waals surface area contributed by atoms with Crippen LogP contribution in [0.1, 0.15) is 23.5 Å². The minimum absolute atomic E-state index is 0.0638. The van der Waals surface area contributed by atoms with Gasteiger partial charge < -0.3 is 10.1 Å². The maximum Gasteiger partial charge on any atom is 0.265 e. The number of anilines is 1. The number of carbonyl (C=O) groups is 1. The fourth-order valence-corrected chi connectivity index (χ4v) is 2.83. The monoisotopic (exact) mass is 339 g/mol. The number of halogens is 1. The molecule has 0 aliphatic carbocycles. The van der Waals surface area contributed by atoms with E-state index in [4.69, 9.17) is 4.74 Å². The Kier molecular flexibility index (Phi) is 4.61. The van der Waals surface area contributed by atoms with Crippen molar-refractivity contribution in [3.05, 3.63) is 45.1 Å². The summed E-state index contributed by atoms with van der Waals surface area (Å²) < 4.78 is 6.60. The van der Waals surface area contributed by atoms with Gasteiger partial charge in [-0.2, -0.15) is 0 Å². The smallest absolute Gasteiger partial charge is 0.265 e. The third-order valence-electron chi connectivity index (χ3n) is 2.29. The van der Waals surface area contributed by atoms with Gasteiger partial charge in [0.05, 0.1) is 20.5 Å². The zero-order valence-electron chi connectivity index (χ0n) is 10.6. The third kappa shape index (κ3) is 3.81. The molecule has 1 N–H and O–H groups in total. The molecule has 1 amide bonds. The van der Waals surface area contributed by atoms with Crippen LogP contribution in [-0.2, 0) is 0 Å². The second-order valence-corrected chi connectivity index (χ2v) is 6.68. The Morgan fingerprint density at radius 2 is 2.00 bits per heavy atom. The van der Waals surface area contributed by atoms with E-state index in [9.17, 15) is 4.79 Å². The zero-order valence-corrected chi connectivity index (χ0v) is 13.0. The lowest BCUT2D eigenvalue weighted by atomic mass is 10.2. The van der Waals surface area contributed by atoms with Crippen molar-refractivity contribution in [2.24, 2.45) is 0 Å². The van der Waals surface area contributed by atoms with E-state index >= 15 is 0 Å². The molecular formula is C14H14BrNO2S. The second-order valence-electron chi connectivity index (χ2n) is 4.22. The summed E-state index contributed by atoms with van der Waals surface area (Å²) in [5.74, 6) is 0.553. The summed E-state index contributed by atoms with van der Waals surface area (Å²) in [7, 11) is 0. The van der Waals surface area contributed by atoms with E-state index in [0.29, 0.717) is 16.3 Å². The summed E-state index contributed by atoms with van der Waals surface area (Å²) in [5.41, 5.74) is 0.686. The topological polar surface area (TPSA) is 38.3 Å². The lowest BCUT2D eigenvalue weighted by Crippen LogP contribution is -2.13. The van der Waals surface area contributed by atoms with Gasteiger partial charge in [-0.25, -0.2) is 0 Å². The SMILES string of the molecule is CC(C)Oc1ccccc1NC(=O)c1ccc(Br)s1. The molecule has 1 heterocycles. The van der Waals surface area contributed by atoms with Crippen LogP contribution in [0.3, 0.4) is 0 Å². The van der Waals surface area contributed by atoms with E-state index in [1.807, 2.05) is 44.2 Å². The van der Waals surface area contributed by atoms with Gasteiger partial charge in [-0.15, -0.1) is 11.3 Å². The average Bonchev–Trinajstić information content (AvgIpc) is 2.78. The van der Waals surface area contributed by atoms with Crippen molar-refractivity contribution in [3.63, 3.8) is 0 Å². The van der Waals surface area contributed by atoms with Crippen LogP contribution in [0.5, 0.6) is 5.75 Å². The van der Waals surface area contributed by atoms with Gasteiger partial charge in [0, 0.05) is 0 Å². The van der Waals surface area contributed by atoms with Crippen molar-refractivity contribution in [1.82, 2.24) is 0 Å². The van der Waals surface area contributed by atoms with Crippen molar-refractivity contribution >= 4 is 38.9 Å². The number of thiophene rings is 1. The predicted molar refractivity (Wildman–Crippen MR) is 82.2 cm³/mol. The van der Waals surface area contributed by atoms with Crippen LogP contribution in [0.4, 0.5) is 5.69 Å². The number of hydrogen-bond acceptors (Lipinski definition) is 3. The highest BCUT2D eigenvalue weighted by atomic mass is 79.9. The molecule has 0 spiro atoms. The molecule has 0 saturated carbocycles. The third-order valence-corrected chi connectivity index (χ3v) is 3.92. The first-order valence-electron chi connectivity index (χ1n) is 5.88. The van der Waals surface area contributed by atoms with Crippen molar-refractivity contribution in [2.75, 3.05) is 5.32 Å². The number of carbonyl (C=O) groups excluding carboxylic acids is 1. The highest BCUT2D eigenvalue weighted by molar-refractivity contribution is 9.11. The molecule has 0 aliphatic rings. The molecule has 0 saturated heterocycles. The normalized spacial score (nSPS) is 10.5. The Morgan fingerprint density at radius 3 is 2.63 bits per heavy atom. The Morgan fingerprint density at radius 1 is 1.26 bits per heavy atom. The van der Waals surface area contributed by atoms with Crippen LogP contribution in [0.25, 0.3) is 0 Å². The molecule has 0 unspecified atom stereocenters. The van der Waals surface area contributed by atoms with Gasteiger partial charge in [-0.3, -0.25) is 4.79 Å². The van der Waals surface area contributed by atoms with Crippen LogP contribution < -0.4 is 10.1 Å². The van der Waals surface area contributed by atoms with Crippen LogP contribution >= 0.6 is 27.3 Å². The van der Waals surface area contributed by atoms with E-state index in [-0.39, 0.29) is 12.0 Å². The Labute approximate surface area is 124 Å². The molecule has 1 aromatic carbocycles. The molecule has 5 heteroatoms. The quantitative estimate of drug-likeness (QED) is 0.887. The highest BCUT2D eigenvalue weighted by Gasteiger charge is 2.12. The molecule has 19 heavy (non-hydrogen) atoms. The Hall–Kier alpha value is -1.33. The summed E-state index contributed by atoms with van der Waals surface area (Å²) in [5, 5.41) is 2.87. The molecule has 100 valence electrons. The summed E-state index contributed by atoms with van der Waals surface area (Å²) in [4.78, 5) is 12.7. The maximum absolute atomic E-state index is 12.1. The van der Waals surface area contributed by atoms with E-state index in [2.05, 4.69) is 21.2 Å². The molecule has 0 bridgehead atoms. The van der Waals surface area contributed by atoms with Crippen LogP contribution in [-0.4, -0.2) is 12.0 Å². The number of ether oxygens (including phenoxy) is 1. The van der Waals surface area contributed by atoms with Gasteiger partial charge in [0.15, 0.2) is 0 Å². The molecule has 0 atom stereocenters. The lowest BCUT2D eigenvalue weighted by Gasteiger charge is -2.14. The molecule has 3 nitrogen and oxygen atoms in total. The molecule has 2 aromatic rings. The Bertz CT molecular complexity index is 580. The number of para-hydroxylation sites is 2. The summed E-state index contributed by atoms with van der Waals surface area (Å²) in [6.07, 6.45) is 0.0638. The van der Waals surface area contributed by atoms with Gasteiger partial charge >= 0.3 is 0 Å². The molecule has 2 rings (SSSR count). The summed E-state index contributed by atoms with van der Waals surface area (Å²) in [6.45, 7) is 3.91. The fourth-order valence-electron chi connectivity index (χ4n) is 1.55. The number of nitrogens with one attached hydrogen (secondary N) is 1. The summed E-state index contributed by atoms with van der Waals surface area (Å²) >= 11 is 4.75. The first-order chi connectivity index (χ1) is 9.06. The van der Waals surface area contributed by atoms with Crippen molar-refractivity contribution in [1.29, 1.82) is 0 Å². The van der Waals surface area contributed by atoms with Crippen LogP contribution in [0, 0.1) is 0 Å². The highest BCUT2D eigenvalue weighted by Crippen LogP contribution is 2.27. The molecule has 0 radical (unpaired) electrons. The predicted octanol–water partition coefficient (Wildman–Crippen LogP) is 4.55. The van der Waals surface area contributed by atoms with Crippen molar-refractivity contribution < 1.29 is 9.53 Å². The van der Waals surface area contributed by atoms with Gasteiger partial charge in [0.1, 0.15) is 5.75 Å². The number of benzene rings is 1. The van der Waals surface area contributed by atoms with E-state index in [1.54, 1.807) is 6.07 Å². The second kappa shape index (κ2) is 6.21. The van der Waals surface area contributed by atoms with Crippen LogP contribution in [0.2, 0.25) is 0 Å². The molecular weight excluding hydrogens is 326 g/mol. The van der Waals surface area contributed by atoms with E-state index in [1.165, 1.54) is 11.3 Å². The number of amides is 1. The maximum atomic E-state index is 12.1. The van der Waals surface area contributed by atoms with E-state index < -0.39 is 0 Å². The standard InChI is InChI=1S/C14H14BrNO2S/c1-9(2)18-11-6-4-3-5-10(11)16-14(17)12-7-8-13(15)19-12/h3-9H,1-2H3,(H,16,17). The van der Waals surface area contributed by atoms with Gasteiger partial charge in [-0.05, 0) is 54.0 Å². The molecule has 0 fully saturated rings. The first-order valence-corrected chi connectivity index (χ1v) is 7.49. The first kappa shape index (κ1) is 14.1. The summed E-state index contributed by atoms with van der Waals surface area (Å²) in [6, 6.07) is 11.1. The molecule has 1 aromatic heterocycles. The largest absolute Gasteiger partial charge is 0.489 e. The Balaban J connectivity index is 2.16. The minimum atomic E-state index is -0.129. The zero-order chi connectivity index (χ0) is 13.8. The number of rotatable bonds is 4. The number of hydrogen-bond donors (Lipinski definition) is 1. The van der Waals surface area contributed by atoms with Gasteiger partial charge in [-0.1, -0.05) is 12.1 Å².